The second-order valence-electron chi connectivity index (χ2n) is 9.15. The zero-order valence-corrected chi connectivity index (χ0v) is 23.3. The molecule has 41 heavy (non-hydrogen) atoms. The van der Waals surface area contributed by atoms with Crippen molar-refractivity contribution in [1.82, 2.24) is 4.90 Å². The maximum atomic E-state index is 13.5. The number of para-hydroxylation sites is 2. The number of benzene rings is 4. The second kappa shape index (κ2) is 13.5. The van der Waals surface area contributed by atoms with Gasteiger partial charge in [-0.1, -0.05) is 72.8 Å². The second-order valence-corrected chi connectivity index (χ2v) is 10.2. The molecule has 0 bridgehead atoms. The van der Waals surface area contributed by atoms with Crippen LogP contribution in [0.5, 0.6) is 11.5 Å². The van der Waals surface area contributed by atoms with Crippen LogP contribution in [0.4, 0.5) is 11.4 Å². The first-order valence-electron chi connectivity index (χ1n) is 13.1. The van der Waals surface area contributed by atoms with Gasteiger partial charge in [0.2, 0.25) is 0 Å². The number of methoxy groups -OCH3 is 1. The van der Waals surface area contributed by atoms with Crippen molar-refractivity contribution in [1.29, 1.82) is 0 Å². The zero-order valence-electron chi connectivity index (χ0n) is 22.5. The van der Waals surface area contributed by atoms with E-state index in [1.807, 2.05) is 91.0 Å². The third kappa shape index (κ3) is 7.43. The van der Waals surface area contributed by atoms with Crippen LogP contribution in [0.3, 0.4) is 0 Å². The molecule has 7 nitrogen and oxygen atoms in total. The average molecular weight is 564 g/mol. The maximum Gasteiger partial charge on any atom is 0.266 e. The van der Waals surface area contributed by atoms with Crippen molar-refractivity contribution in [2.75, 3.05) is 25.6 Å². The molecule has 1 aliphatic heterocycles. The number of nitrogens with zero attached hydrogens (tertiary/aromatic N) is 2. The minimum Gasteiger partial charge on any atom is -0.493 e. The van der Waals surface area contributed by atoms with E-state index in [0.717, 1.165) is 16.8 Å². The van der Waals surface area contributed by atoms with E-state index in [9.17, 15) is 9.59 Å². The lowest BCUT2D eigenvalue weighted by molar-refractivity contribution is -0.122. The van der Waals surface area contributed by atoms with Crippen LogP contribution in [0.15, 0.2) is 119 Å². The van der Waals surface area contributed by atoms with Gasteiger partial charge in [-0.3, -0.25) is 14.5 Å². The molecule has 1 saturated heterocycles. The number of thioether (sulfide) groups is 1. The van der Waals surface area contributed by atoms with Crippen LogP contribution < -0.4 is 14.8 Å². The first kappa shape index (κ1) is 27.7. The number of hydrogen-bond acceptors (Lipinski definition) is 6. The van der Waals surface area contributed by atoms with Gasteiger partial charge < -0.3 is 14.8 Å². The lowest BCUT2D eigenvalue weighted by Crippen LogP contribution is -2.31. The molecule has 0 atom stereocenters. The van der Waals surface area contributed by atoms with Gasteiger partial charge in [-0.05, 0) is 71.8 Å². The molecule has 0 radical (unpaired) electrons. The molecule has 0 spiro atoms. The number of amides is 2. The lowest BCUT2D eigenvalue weighted by atomic mass is 10.1. The van der Waals surface area contributed by atoms with Crippen LogP contribution in [0.2, 0.25) is 0 Å². The fraction of sp³-hybridized carbons (Fsp3) is 0.121. The molecule has 206 valence electrons. The average Bonchev–Trinajstić information content (AvgIpc) is 3.29. The molecule has 1 fully saturated rings. The van der Waals surface area contributed by atoms with Gasteiger partial charge in [0.25, 0.3) is 11.8 Å². The molecule has 4 aromatic carbocycles. The van der Waals surface area contributed by atoms with Crippen molar-refractivity contribution in [2.24, 2.45) is 4.99 Å². The number of carbonyl (C=O) groups excluding carboxylic acids is 2. The van der Waals surface area contributed by atoms with Gasteiger partial charge in [0, 0.05) is 12.2 Å². The molecule has 1 N–H and O–H groups in total. The lowest BCUT2D eigenvalue weighted by Gasteiger charge is -2.15. The van der Waals surface area contributed by atoms with Gasteiger partial charge in [-0.25, -0.2) is 4.99 Å². The zero-order chi connectivity index (χ0) is 28.4. The summed E-state index contributed by atoms with van der Waals surface area (Å²) in [6.07, 6.45) is 2.54. The number of aliphatic imine (C=N–C) groups is 1. The molecular formula is C33H29N3O4S. The first-order chi connectivity index (χ1) is 20.1. The van der Waals surface area contributed by atoms with Gasteiger partial charge >= 0.3 is 0 Å². The molecular weight excluding hydrogens is 534 g/mol. The van der Waals surface area contributed by atoms with Gasteiger partial charge in [-0.15, -0.1) is 0 Å². The third-order valence-electron chi connectivity index (χ3n) is 6.24. The van der Waals surface area contributed by atoms with Crippen LogP contribution in [-0.4, -0.2) is 42.1 Å². The summed E-state index contributed by atoms with van der Waals surface area (Å²) < 4.78 is 11.3. The first-order valence-corrected chi connectivity index (χ1v) is 14.0. The van der Waals surface area contributed by atoms with Crippen molar-refractivity contribution in [2.45, 2.75) is 6.42 Å². The summed E-state index contributed by atoms with van der Waals surface area (Å²) in [6, 6.07) is 34.2. The van der Waals surface area contributed by atoms with E-state index in [2.05, 4.69) is 17.4 Å². The molecule has 0 aliphatic carbocycles. The Morgan fingerprint density at radius 3 is 2.29 bits per heavy atom. The Kier molecular flexibility index (Phi) is 9.13. The number of nitrogens with one attached hydrogen (secondary N) is 1. The van der Waals surface area contributed by atoms with E-state index in [1.54, 1.807) is 17.0 Å². The van der Waals surface area contributed by atoms with E-state index in [-0.39, 0.29) is 18.4 Å². The summed E-state index contributed by atoms with van der Waals surface area (Å²) in [7, 11) is 1.54. The van der Waals surface area contributed by atoms with E-state index < -0.39 is 0 Å². The third-order valence-corrected chi connectivity index (χ3v) is 7.24. The Morgan fingerprint density at radius 1 is 0.902 bits per heavy atom. The predicted octanol–water partition coefficient (Wildman–Crippen LogP) is 6.56. The summed E-state index contributed by atoms with van der Waals surface area (Å²) in [4.78, 5) is 32.9. The Morgan fingerprint density at radius 2 is 1.59 bits per heavy atom. The number of carbonyl (C=O) groups is 2. The van der Waals surface area contributed by atoms with Gasteiger partial charge in [0.05, 0.1) is 17.7 Å². The smallest absolute Gasteiger partial charge is 0.266 e. The van der Waals surface area contributed by atoms with Crippen molar-refractivity contribution >= 4 is 46.2 Å². The van der Waals surface area contributed by atoms with E-state index in [0.29, 0.717) is 40.2 Å². The van der Waals surface area contributed by atoms with Crippen molar-refractivity contribution in [3.8, 4) is 11.5 Å². The highest BCUT2D eigenvalue weighted by molar-refractivity contribution is 8.18. The van der Waals surface area contributed by atoms with E-state index >= 15 is 0 Å². The van der Waals surface area contributed by atoms with Crippen LogP contribution in [0.1, 0.15) is 11.1 Å². The largest absolute Gasteiger partial charge is 0.493 e. The monoisotopic (exact) mass is 563 g/mol. The van der Waals surface area contributed by atoms with Gasteiger partial charge in [-0.2, -0.15) is 0 Å². The molecule has 0 aromatic heterocycles. The molecule has 1 aliphatic rings. The van der Waals surface area contributed by atoms with Gasteiger partial charge in [0.15, 0.2) is 23.3 Å². The predicted molar refractivity (Wildman–Crippen MR) is 165 cm³/mol. The maximum absolute atomic E-state index is 13.5. The minimum absolute atomic E-state index is 0.0995. The highest BCUT2D eigenvalue weighted by atomic mass is 32.2. The van der Waals surface area contributed by atoms with E-state index in [1.165, 1.54) is 18.9 Å². The summed E-state index contributed by atoms with van der Waals surface area (Å²) in [5.74, 6) is 0.510. The molecule has 4 aromatic rings. The normalized spacial score (nSPS) is 14.9. The Labute approximate surface area is 243 Å². The molecule has 0 saturated carbocycles. The quantitative estimate of drug-likeness (QED) is 0.221. The van der Waals surface area contributed by atoms with Crippen molar-refractivity contribution in [3.63, 3.8) is 0 Å². The molecule has 8 heteroatoms. The van der Waals surface area contributed by atoms with E-state index in [4.69, 9.17) is 14.5 Å². The van der Waals surface area contributed by atoms with Crippen LogP contribution in [0, 0.1) is 0 Å². The molecule has 1 heterocycles. The number of ether oxygens (including phenoxy) is 2. The Balaban J connectivity index is 1.32. The Hall–Kier alpha value is -4.82. The highest BCUT2D eigenvalue weighted by Gasteiger charge is 2.33. The molecule has 0 unspecified atom stereocenters. The molecule has 2 amide bonds. The summed E-state index contributed by atoms with van der Waals surface area (Å²) in [6.45, 7) is 0.343. The van der Waals surface area contributed by atoms with Crippen molar-refractivity contribution < 1.29 is 19.1 Å². The number of hydrogen-bond donors (Lipinski definition) is 1. The minimum atomic E-state index is -0.279. The fourth-order valence-corrected chi connectivity index (χ4v) is 5.22. The summed E-state index contributed by atoms with van der Waals surface area (Å²) in [5, 5.41) is 3.43. The molecule has 5 rings (SSSR count). The topological polar surface area (TPSA) is 80.2 Å². The summed E-state index contributed by atoms with van der Waals surface area (Å²) >= 11 is 1.35. The van der Waals surface area contributed by atoms with Crippen LogP contribution >= 0.6 is 11.8 Å². The van der Waals surface area contributed by atoms with Crippen molar-refractivity contribution in [3.05, 3.63) is 125 Å². The number of amidine groups is 1. The fourth-order valence-electron chi connectivity index (χ4n) is 4.19. The Bertz CT molecular complexity index is 1560. The summed E-state index contributed by atoms with van der Waals surface area (Å²) in [5.41, 5.74) is 3.40. The SMILES string of the molecule is COc1cc(C=C2SC(=Nc3ccccc3)N(CCc3ccccc3)C2=O)ccc1OCC(=O)Nc1ccccc1. The number of anilines is 1. The highest BCUT2D eigenvalue weighted by Crippen LogP contribution is 2.36. The van der Waals surface area contributed by atoms with Gasteiger partial charge in [0.1, 0.15) is 0 Å². The standard InChI is InChI=1S/C33H29N3O4S/c1-39-29-21-25(17-18-28(29)40-23-31(37)34-26-13-7-3-8-14-26)22-30-32(38)36(20-19-24-11-5-2-6-12-24)33(41-30)35-27-15-9-4-10-16-27/h2-18,21-22H,19-20,23H2,1H3,(H,34,37). The van der Waals surface area contributed by atoms with Crippen LogP contribution in [0.25, 0.3) is 6.08 Å². The van der Waals surface area contributed by atoms with Crippen LogP contribution in [-0.2, 0) is 16.0 Å². The number of rotatable bonds is 10.